The summed E-state index contributed by atoms with van der Waals surface area (Å²) in [4.78, 5) is 27.1. The SMILES string of the molecule is Cc1c(C(=O)Nc2ccc(-c3ccc(N(C(C(=O)O)C(C)C)S(=O)[O-])cc3)cc2)oc2cccc(CCCN(C)C)c12. The molecule has 1 amide bonds. The molecule has 0 aliphatic carbocycles. The van der Waals surface area contributed by atoms with E-state index in [9.17, 15) is 23.5 Å². The third-order valence-corrected chi connectivity index (χ3v) is 7.95. The average Bonchev–Trinajstić information content (AvgIpc) is 3.28. The molecule has 4 rings (SSSR count). The number of hydrogen-bond acceptors (Lipinski definition) is 6. The molecular weight excluding hydrogens is 554 g/mol. The third-order valence-electron chi connectivity index (χ3n) is 7.19. The Balaban J connectivity index is 1.49. The molecule has 0 fully saturated rings. The number of carboxylic acids is 1. The van der Waals surface area contributed by atoms with Crippen LogP contribution in [0.1, 0.15) is 41.9 Å². The fraction of sp³-hybridized carbons (Fsp3) is 0.312. The molecule has 2 N–H and O–H groups in total. The van der Waals surface area contributed by atoms with Gasteiger partial charge in [-0.3, -0.25) is 13.3 Å². The van der Waals surface area contributed by atoms with Crippen LogP contribution in [0.2, 0.25) is 0 Å². The van der Waals surface area contributed by atoms with Gasteiger partial charge in [-0.05, 0) is 93.3 Å². The van der Waals surface area contributed by atoms with E-state index in [1.165, 1.54) is 0 Å². The second-order valence-electron chi connectivity index (χ2n) is 10.9. The summed E-state index contributed by atoms with van der Waals surface area (Å²) in [5.74, 6) is -1.69. The standard InChI is InChI=1S/C32H37N3O6S/c1-20(2)29(32(37)38)35(42(39)40)26-17-13-23(14-18-26)22-11-15-25(16-12-22)33-31(36)30-21(3)28-24(9-7-19-34(4)5)8-6-10-27(28)41-30/h6,8,10-18,20,29H,7,9,19H2,1-5H3,(H,33,36)(H,37,38)(H,39,40)/p-1. The van der Waals surface area contributed by atoms with Crippen LogP contribution >= 0.6 is 0 Å². The van der Waals surface area contributed by atoms with Crippen molar-refractivity contribution in [2.24, 2.45) is 5.92 Å². The first-order chi connectivity index (χ1) is 20.0. The molecule has 2 unspecified atom stereocenters. The van der Waals surface area contributed by atoms with Gasteiger partial charge in [0.05, 0.1) is 0 Å². The van der Waals surface area contributed by atoms with Gasteiger partial charge < -0.3 is 24.3 Å². The Kier molecular flexibility index (Phi) is 9.82. The minimum absolute atomic E-state index is 0.263. The number of amides is 1. The van der Waals surface area contributed by atoms with Crippen molar-refractivity contribution in [3.63, 3.8) is 0 Å². The molecule has 0 aliphatic rings. The van der Waals surface area contributed by atoms with Crippen molar-refractivity contribution in [3.8, 4) is 11.1 Å². The number of nitrogens with zero attached hydrogens (tertiary/aromatic N) is 2. The number of furan rings is 1. The van der Waals surface area contributed by atoms with Gasteiger partial charge in [0.25, 0.3) is 5.91 Å². The van der Waals surface area contributed by atoms with Gasteiger partial charge in [0.15, 0.2) is 5.76 Å². The zero-order chi connectivity index (χ0) is 30.6. The quantitative estimate of drug-likeness (QED) is 0.198. The Bertz CT molecular complexity index is 1580. The van der Waals surface area contributed by atoms with Gasteiger partial charge in [0.1, 0.15) is 11.6 Å². The average molecular weight is 591 g/mol. The molecule has 0 aliphatic heterocycles. The minimum atomic E-state index is -2.76. The summed E-state index contributed by atoms with van der Waals surface area (Å²) < 4.78 is 30.7. The predicted octanol–water partition coefficient (Wildman–Crippen LogP) is 5.86. The third kappa shape index (κ3) is 6.89. The summed E-state index contributed by atoms with van der Waals surface area (Å²) in [6.45, 7) is 6.21. The lowest BCUT2D eigenvalue weighted by Gasteiger charge is -2.34. The van der Waals surface area contributed by atoms with E-state index in [4.69, 9.17) is 4.42 Å². The van der Waals surface area contributed by atoms with Crippen LogP contribution in [0.25, 0.3) is 22.1 Å². The molecule has 4 aromatic rings. The first-order valence-corrected chi connectivity index (χ1v) is 14.8. The Morgan fingerprint density at radius 2 is 1.62 bits per heavy atom. The zero-order valence-electron chi connectivity index (χ0n) is 24.4. The lowest BCUT2D eigenvalue weighted by molar-refractivity contribution is -0.139. The maximum absolute atomic E-state index is 13.2. The number of anilines is 2. The fourth-order valence-electron chi connectivity index (χ4n) is 5.13. The number of carbonyl (C=O) groups excluding carboxylic acids is 1. The van der Waals surface area contributed by atoms with Crippen LogP contribution in [-0.2, 0) is 22.5 Å². The lowest BCUT2D eigenvalue weighted by Crippen LogP contribution is -2.45. The molecule has 0 saturated heterocycles. The number of carbonyl (C=O) groups is 2. The molecule has 222 valence electrons. The normalized spacial score (nSPS) is 13.0. The van der Waals surface area contributed by atoms with Crippen LogP contribution in [0, 0.1) is 12.8 Å². The van der Waals surface area contributed by atoms with E-state index in [0.717, 1.165) is 51.3 Å². The maximum Gasteiger partial charge on any atom is 0.327 e. The van der Waals surface area contributed by atoms with Gasteiger partial charge >= 0.3 is 5.97 Å². The molecule has 3 aromatic carbocycles. The van der Waals surface area contributed by atoms with E-state index in [2.05, 4.69) is 30.4 Å². The van der Waals surface area contributed by atoms with E-state index in [1.54, 1.807) is 50.2 Å². The summed E-state index contributed by atoms with van der Waals surface area (Å²) in [5.41, 5.74) is 5.18. The number of fused-ring (bicyclic) bond motifs is 1. The zero-order valence-corrected chi connectivity index (χ0v) is 25.2. The largest absolute Gasteiger partial charge is 0.755 e. The first kappa shape index (κ1) is 31.0. The highest BCUT2D eigenvalue weighted by atomic mass is 32.2. The highest BCUT2D eigenvalue weighted by Gasteiger charge is 2.30. The molecule has 2 atom stereocenters. The van der Waals surface area contributed by atoms with E-state index in [-0.39, 0.29) is 17.4 Å². The topological polar surface area (TPSA) is 126 Å². The van der Waals surface area contributed by atoms with Crippen LogP contribution in [-0.4, -0.2) is 57.3 Å². The Morgan fingerprint density at radius 3 is 2.17 bits per heavy atom. The van der Waals surface area contributed by atoms with Crippen LogP contribution in [0.15, 0.2) is 71.1 Å². The molecule has 0 saturated carbocycles. The van der Waals surface area contributed by atoms with Gasteiger partial charge in [-0.1, -0.05) is 50.2 Å². The molecule has 9 nitrogen and oxygen atoms in total. The molecule has 42 heavy (non-hydrogen) atoms. The van der Waals surface area contributed by atoms with Crippen LogP contribution < -0.4 is 9.62 Å². The van der Waals surface area contributed by atoms with Crippen molar-refractivity contribution in [1.82, 2.24) is 4.90 Å². The molecule has 0 bridgehead atoms. The number of aryl methyl sites for hydroxylation is 2. The van der Waals surface area contributed by atoms with E-state index < -0.39 is 29.2 Å². The summed E-state index contributed by atoms with van der Waals surface area (Å²) in [6, 6.07) is 18.6. The summed E-state index contributed by atoms with van der Waals surface area (Å²) >= 11 is -2.76. The Labute approximate surface area is 248 Å². The van der Waals surface area contributed by atoms with Crippen molar-refractivity contribution in [3.05, 3.63) is 83.6 Å². The van der Waals surface area contributed by atoms with Gasteiger partial charge in [-0.15, -0.1) is 0 Å². The number of rotatable bonds is 12. The highest BCUT2D eigenvalue weighted by Crippen LogP contribution is 2.31. The monoisotopic (exact) mass is 590 g/mol. The highest BCUT2D eigenvalue weighted by molar-refractivity contribution is 7.80. The molecule has 0 radical (unpaired) electrons. The van der Waals surface area contributed by atoms with Crippen molar-refractivity contribution < 1.29 is 27.9 Å². The second-order valence-corrected chi connectivity index (χ2v) is 11.7. The van der Waals surface area contributed by atoms with Crippen LogP contribution in [0.3, 0.4) is 0 Å². The van der Waals surface area contributed by atoms with Crippen LogP contribution in [0.5, 0.6) is 0 Å². The number of carboxylic acid groups (broad SMARTS) is 1. The van der Waals surface area contributed by atoms with E-state index in [1.807, 2.05) is 31.2 Å². The molecular formula is C32H36N3O6S-. The number of aliphatic carboxylic acids is 1. The van der Waals surface area contributed by atoms with E-state index in [0.29, 0.717) is 11.3 Å². The van der Waals surface area contributed by atoms with Crippen molar-refractivity contribution in [2.45, 2.75) is 39.7 Å². The Hall–Kier alpha value is -3.99. The van der Waals surface area contributed by atoms with Crippen molar-refractivity contribution in [2.75, 3.05) is 30.3 Å². The summed E-state index contributed by atoms with van der Waals surface area (Å²) in [7, 11) is 4.10. The van der Waals surface area contributed by atoms with Gasteiger partial charge in [0.2, 0.25) is 0 Å². The molecule has 1 heterocycles. The smallest absolute Gasteiger partial charge is 0.327 e. The predicted molar refractivity (Wildman–Crippen MR) is 165 cm³/mol. The van der Waals surface area contributed by atoms with Gasteiger partial charge in [-0.25, -0.2) is 4.79 Å². The number of nitrogens with one attached hydrogen (secondary N) is 1. The first-order valence-electron chi connectivity index (χ1n) is 13.8. The number of benzene rings is 3. The number of hydrogen-bond donors (Lipinski definition) is 2. The van der Waals surface area contributed by atoms with Crippen molar-refractivity contribution >= 4 is 45.5 Å². The second kappa shape index (κ2) is 13.3. The maximum atomic E-state index is 13.2. The van der Waals surface area contributed by atoms with Gasteiger partial charge in [-0.2, -0.15) is 0 Å². The molecule has 0 spiro atoms. The van der Waals surface area contributed by atoms with E-state index >= 15 is 0 Å². The molecule has 10 heteroatoms. The summed E-state index contributed by atoms with van der Waals surface area (Å²) in [5, 5.41) is 13.5. The summed E-state index contributed by atoms with van der Waals surface area (Å²) in [6.07, 6.45) is 1.90. The fourth-order valence-corrected chi connectivity index (χ4v) is 5.94. The van der Waals surface area contributed by atoms with Crippen LogP contribution in [0.4, 0.5) is 11.4 Å². The Morgan fingerprint density at radius 1 is 1.00 bits per heavy atom. The van der Waals surface area contributed by atoms with Gasteiger partial charge in [0, 0.05) is 33.6 Å². The minimum Gasteiger partial charge on any atom is -0.755 e. The molecule has 1 aromatic heterocycles. The lowest BCUT2D eigenvalue weighted by atomic mass is 10.0. The van der Waals surface area contributed by atoms with Crippen molar-refractivity contribution in [1.29, 1.82) is 0 Å².